The lowest BCUT2D eigenvalue weighted by Crippen LogP contribution is -2.31. The number of benzene rings is 1. The molecular weight excluding hydrogens is 252 g/mol. The molecule has 1 aromatic rings. The van der Waals surface area contributed by atoms with Crippen molar-refractivity contribution in [3.63, 3.8) is 0 Å². The van der Waals surface area contributed by atoms with Crippen molar-refractivity contribution >= 4 is 17.3 Å². The van der Waals surface area contributed by atoms with E-state index < -0.39 is 29.5 Å². The number of carbonyl (C=O) groups is 1. The normalized spacial score (nSPS) is 20.3. The molecule has 0 radical (unpaired) electrons. The highest BCUT2D eigenvalue weighted by molar-refractivity contribution is 6.17. The summed E-state index contributed by atoms with van der Waals surface area (Å²) in [6.07, 6.45) is -4.70. The number of anilines is 1. The number of hydrogen-bond acceptors (Lipinski definition) is 2. The molecule has 0 bridgehead atoms. The Kier molecular flexibility index (Phi) is 2.84. The molecule has 0 saturated carbocycles. The second-order valence-corrected chi connectivity index (χ2v) is 3.81. The van der Waals surface area contributed by atoms with Gasteiger partial charge in [0.25, 0.3) is 5.91 Å². The van der Waals surface area contributed by atoms with E-state index in [0.29, 0.717) is 5.01 Å². The third kappa shape index (κ3) is 1.96. The second kappa shape index (κ2) is 4.08. The van der Waals surface area contributed by atoms with Gasteiger partial charge in [-0.25, -0.2) is 4.39 Å². The SMILES string of the molecule is CC1C(=O)N(c2ccccc2F)N=C1C(F)(F)F. The van der Waals surface area contributed by atoms with Crippen molar-refractivity contribution in [2.45, 2.75) is 13.1 Å². The molecule has 2 rings (SSSR count). The van der Waals surface area contributed by atoms with Gasteiger partial charge in [-0.2, -0.15) is 23.3 Å². The molecule has 1 aliphatic heterocycles. The van der Waals surface area contributed by atoms with E-state index >= 15 is 0 Å². The molecule has 1 heterocycles. The first kappa shape index (κ1) is 12.5. The summed E-state index contributed by atoms with van der Waals surface area (Å²) in [6, 6.07) is 5.03. The van der Waals surface area contributed by atoms with E-state index in [2.05, 4.69) is 5.10 Å². The maximum atomic E-state index is 13.4. The number of nitrogens with zero attached hydrogens (tertiary/aromatic N) is 2. The number of para-hydroxylation sites is 1. The summed E-state index contributed by atoms with van der Waals surface area (Å²) < 4.78 is 51.1. The summed E-state index contributed by atoms with van der Waals surface area (Å²) in [6.45, 7) is 1.09. The maximum absolute atomic E-state index is 13.4. The van der Waals surface area contributed by atoms with Crippen LogP contribution in [-0.4, -0.2) is 17.8 Å². The average molecular weight is 260 g/mol. The van der Waals surface area contributed by atoms with Crippen LogP contribution in [0.1, 0.15) is 6.92 Å². The van der Waals surface area contributed by atoms with Crippen LogP contribution in [0.2, 0.25) is 0 Å². The lowest BCUT2D eigenvalue weighted by atomic mass is 10.1. The molecule has 1 amide bonds. The molecule has 1 atom stereocenters. The van der Waals surface area contributed by atoms with Gasteiger partial charge >= 0.3 is 6.18 Å². The first-order valence-corrected chi connectivity index (χ1v) is 5.06. The van der Waals surface area contributed by atoms with E-state index in [1.54, 1.807) is 0 Å². The number of carbonyl (C=O) groups excluding carboxylic acids is 1. The highest BCUT2D eigenvalue weighted by Crippen LogP contribution is 2.32. The summed E-state index contributed by atoms with van der Waals surface area (Å²) in [5, 5.41) is 3.65. The van der Waals surface area contributed by atoms with Crippen molar-refractivity contribution in [3.8, 4) is 0 Å². The molecular formula is C11H8F4N2O. The Morgan fingerprint density at radius 1 is 1.28 bits per heavy atom. The largest absolute Gasteiger partial charge is 0.432 e. The number of hydrogen-bond donors (Lipinski definition) is 0. The van der Waals surface area contributed by atoms with E-state index in [-0.39, 0.29) is 5.69 Å². The zero-order valence-electron chi connectivity index (χ0n) is 9.20. The van der Waals surface area contributed by atoms with Crippen molar-refractivity contribution in [2.75, 3.05) is 5.01 Å². The molecule has 3 nitrogen and oxygen atoms in total. The predicted octanol–water partition coefficient (Wildman–Crippen LogP) is 2.73. The van der Waals surface area contributed by atoms with Gasteiger partial charge in [0.15, 0.2) is 5.71 Å². The number of rotatable bonds is 1. The minimum atomic E-state index is -4.70. The predicted molar refractivity (Wildman–Crippen MR) is 56.5 cm³/mol. The van der Waals surface area contributed by atoms with Gasteiger partial charge in [-0.15, -0.1) is 0 Å². The summed E-state index contributed by atoms with van der Waals surface area (Å²) in [7, 11) is 0. The Hall–Kier alpha value is -1.92. The van der Waals surface area contributed by atoms with Crippen molar-refractivity contribution in [2.24, 2.45) is 11.0 Å². The average Bonchev–Trinajstić information content (AvgIpc) is 2.57. The third-order valence-corrected chi connectivity index (χ3v) is 2.57. The van der Waals surface area contributed by atoms with Crippen molar-refractivity contribution in [1.29, 1.82) is 0 Å². The molecule has 0 spiro atoms. The Morgan fingerprint density at radius 3 is 2.39 bits per heavy atom. The number of amides is 1. The Labute approximate surface area is 99.7 Å². The monoisotopic (exact) mass is 260 g/mol. The van der Waals surface area contributed by atoms with Crippen LogP contribution < -0.4 is 5.01 Å². The second-order valence-electron chi connectivity index (χ2n) is 3.81. The van der Waals surface area contributed by atoms with Crippen molar-refractivity contribution < 1.29 is 22.4 Å². The Balaban J connectivity index is 2.45. The van der Waals surface area contributed by atoms with Crippen LogP contribution in [0.5, 0.6) is 0 Å². The summed E-state index contributed by atoms with van der Waals surface area (Å²) in [4.78, 5) is 11.7. The lowest BCUT2D eigenvalue weighted by Gasteiger charge is -2.12. The van der Waals surface area contributed by atoms with Crippen LogP contribution in [0, 0.1) is 11.7 Å². The van der Waals surface area contributed by atoms with Gasteiger partial charge < -0.3 is 0 Å². The maximum Gasteiger partial charge on any atom is 0.432 e. The van der Waals surface area contributed by atoms with Crippen LogP contribution >= 0.6 is 0 Å². The van der Waals surface area contributed by atoms with Crippen molar-refractivity contribution in [1.82, 2.24) is 0 Å². The lowest BCUT2D eigenvalue weighted by molar-refractivity contribution is -0.120. The highest BCUT2D eigenvalue weighted by atomic mass is 19.4. The zero-order valence-corrected chi connectivity index (χ0v) is 9.20. The van der Waals surface area contributed by atoms with E-state index in [0.717, 1.165) is 13.0 Å². The van der Waals surface area contributed by atoms with Crippen LogP contribution in [0.4, 0.5) is 23.2 Å². The van der Waals surface area contributed by atoms with E-state index in [4.69, 9.17) is 0 Å². The topological polar surface area (TPSA) is 32.7 Å². The van der Waals surface area contributed by atoms with E-state index in [1.807, 2.05) is 0 Å². The van der Waals surface area contributed by atoms with Crippen molar-refractivity contribution in [3.05, 3.63) is 30.1 Å². The fourth-order valence-electron chi connectivity index (χ4n) is 1.64. The van der Waals surface area contributed by atoms with Crippen LogP contribution in [0.15, 0.2) is 29.4 Å². The molecule has 0 saturated heterocycles. The van der Waals surface area contributed by atoms with Gasteiger partial charge in [0.05, 0.1) is 5.92 Å². The fourth-order valence-corrected chi connectivity index (χ4v) is 1.64. The molecule has 7 heteroatoms. The molecule has 18 heavy (non-hydrogen) atoms. The molecule has 1 aliphatic rings. The van der Waals surface area contributed by atoms with Gasteiger partial charge in [0.2, 0.25) is 0 Å². The summed E-state index contributed by atoms with van der Waals surface area (Å²) in [5.74, 6) is -3.12. The standard InChI is InChI=1S/C11H8F4N2O/c1-6-9(11(13,14)15)16-17(10(6)18)8-5-3-2-4-7(8)12/h2-6H,1H3. The van der Waals surface area contributed by atoms with Gasteiger partial charge in [-0.3, -0.25) is 4.79 Å². The third-order valence-electron chi connectivity index (χ3n) is 2.57. The molecule has 0 fully saturated rings. The first-order valence-electron chi connectivity index (χ1n) is 5.06. The number of halogens is 4. The number of alkyl halides is 3. The zero-order chi connectivity index (χ0) is 13.5. The fraction of sp³-hybridized carbons (Fsp3) is 0.273. The van der Waals surface area contributed by atoms with Crippen LogP contribution in [0.3, 0.4) is 0 Å². The quantitative estimate of drug-likeness (QED) is 0.714. The van der Waals surface area contributed by atoms with Gasteiger partial charge in [-0.1, -0.05) is 12.1 Å². The van der Waals surface area contributed by atoms with E-state index in [9.17, 15) is 22.4 Å². The molecule has 0 N–H and O–H groups in total. The smallest absolute Gasteiger partial charge is 0.272 e. The van der Waals surface area contributed by atoms with Gasteiger partial charge in [0, 0.05) is 0 Å². The molecule has 1 unspecified atom stereocenters. The van der Waals surface area contributed by atoms with Crippen LogP contribution in [0.25, 0.3) is 0 Å². The Morgan fingerprint density at radius 2 is 1.89 bits per heavy atom. The van der Waals surface area contributed by atoms with Crippen LogP contribution in [-0.2, 0) is 4.79 Å². The highest BCUT2D eigenvalue weighted by Gasteiger charge is 2.48. The summed E-state index contributed by atoms with van der Waals surface area (Å²) in [5.41, 5.74) is -1.50. The number of hydrazone groups is 1. The first-order chi connectivity index (χ1) is 8.32. The molecule has 96 valence electrons. The minimum absolute atomic E-state index is 0.284. The molecule has 0 aliphatic carbocycles. The molecule has 1 aromatic carbocycles. The minimum Gasteiger partial charge on any atom is -0.272 e. The molecule has 0 aromatic heterocycles. The van der Waals surface area contributed by atoms with Gasteiger partial charge in [0.1, 0.15) is 11.5 Å². The summed E-state index contributed by atoms with van der Waals surface area (Å²) >= 11 is 0. The van der Waals surface area contributed by atoms with E-state index in [1.165, 1.54) is 18.2 Å². The Bertz CT molecular complexity index is 524. The van der Waals surface area contributed by atoms with Gasteiger partial charge in [-0.05, 0) is 19.1 Å².